The first-order valence-corrected chi connectivity index (χ1v) is 7.61. The smallest absolute Gasteiger partial charge is 0.0444 e. The first-order chi connectivity index (χ1) is 8.62. The molecule has 0 spiro atoms. The van der Waals surface area contributed by atoms with E-state index in [0.29, 0.717) is 6.54 Å². The van der Waals surface area contributed by atoms with Gasteiger partial charge in [-0.15, -0.1) is 0 Å². The van der Waals surface area contributed by atoms with Gasteiger partial charge in [-0.2, -0.15) is 0 Å². The van der Waals surface area contributed by atoms with Gasteiger partial charge in [-0.1, -0.05) is 54.8 Å². The first-order valence-electron chi connectivity index (χ1n) is 6.81. The number of nitrogens with one attached hydrogen (secondary N) is 1. The van der Waals surface area contributed by atoms with Gasteiger partial charge in [0.2, 0.25) is 0 Å². The van der Waals surface area contributed by atoms with Gasteiger partial charge in [0.25, 0.3) is 0 Å². The van der Waals surface area contributed by atoms with Crippen molar-refractivity contribution in [3.05, 3.63) is 33.8 Å². The molecule has 0 aliphatic carbocycles. The highest BCUT2D eigenvalue weighted by Crippen LogP contribution is 2.21. The summed E-state index contributed by atoms with van der Waals surface area (Å²) in [6.07, 6.45) is 2.44. The van der Waals surface area contributed by atoms with Crippen molar-refractivity contribution in [2.24, 2.45) is 11.7 Å². The van der Waals surface area contributed by atoms with Crippen LogP contribution in [0.25, 0.3) is 0 Å². The monoisotopic (exact) mass is 312 g/mol. The second-order valence-corrected chi connectivity index (χ2v) is 5.74. The van der Waals surface area contributed by atoms with E-state index in [2.05, 4.69) is 60.2 Å². The predicted molar refractivity (Wildman–Crippen MR) is 82.7 cm³/mol. The van der Waals surface area contributed by atoms with Crippen LogP contribution in [0.15, 0.2) is 22.7 Å². The molecule has 0 radical (unpaired) electrons. The van der Waals surface area contributed by atoms with Crippen molar-refractivity contribution in [1.82, 2.24) is 5.32 Å². The zero-order valence-corrected chi connectivity index (χ0v) is 13.3. The zero-order chi connectivity index (χ0) is 13.5. The Morgan fingerprint density at radius 2 is 1.94 bits per heavy atom. The van der Waals surface area contributed by atoms with Crippen LogP contribution in [0.1, 0.15) is 43.9 Å². The lowest BCUT2D eigenvalue weighted by atomic mass is 10.0. The molecule has 2 nitrogen and oxygen atoms in total. The number of hydrogen-bond donors (Lipinski definition) is 2. The zero-order valence-electron chi connectivity index (χ0n) is 11.7. The predicted octanol–water partition coefficient (Wildman–Crippen LogP) is 3.78. The van der Waals surface area contributed by atoms with Crippen molar-refractivity contribution in [3.63, 3.8) is 0 Å². The van der Waals surface area contributed by atoms with E-state index >= 15 is 0 Å². The molecule has 18 heavy (non-hydrogen) atoms. The van der Waals surface area contributed by atoms with Gasteiger partial charge >= 0.3 is 0 Å². The van der Waals surface area contributed by atoms with Crippen LogP contribution in [0.5, 0.6) is 0 Å². The Kier molecular flexibility index (Phi) is 6.90. The van der Waals surface area contributed by atoms with Crippen molar-refractivity contribution in [1.29, 1.82) is 0 Å². The van der Waals surface area contributed by atoms with Gasteiger partial charge in [0.1, 0.15) is 0 Å². The van der Waals surface area contributed by atoms with Gasteiger partial charge in [-0.25, -0.2) is 0 Å². The van der Waals surface area contributed by atoms with E-state index in [1.165, 1.54) is 24.0 Å². The summed E-state index contributed by atoms with van der Waals surface area (Å²) < 4.78 is 1.15. The molecule has 1 unspecified atom stereocenters. The highest BCUT2D eigenvalue weighted by atomic mass is 79.9. The van der Waals surface area contributed by atoms with Crippen molar-refractivity contribution in [3.8, 4) is 0 Å². The summed E-state index contributed by atoms with van der Waals surface area (Å²) in [6, 6.07) is 6.72. The molecule has 1 aromatic carbocycles. The molecule has 0 saturated carbocycles. The molecule has 1 aromatic rings. The summed E-state index contributed by atoms with van der Waals surface area (Å²) in [5.74, 6) is 0.746. The van der Waals surface area contributed by atoms with E-state index in [9.17, 15) is 0 Å². The molecule has 102 valence electrons. The van der Waals surface area contributed by atoms with E-state index < -0.39 is 0 Å². The van der Waals surface area contributed by atoms with Crippen molar-refractivity contribution in [2.45, 2.75) is 39.7 Å². The third kappa shape index (κ3) is 4.38. The molecular weight excluding hydrogens is 288 g/mol. The minimum absolute atomic E-state index is 0.261. The Bertz CT molecular complexity index is 362. The van der Waals surface area contributed by atoms with E-state index in [-0.39, 0.29) is 6.04 Å². The highest BCUT2D eigenvalue weighted by Gasteiger charge is 2.12. The first kappa shape index (κ1) is 15.7. The molecule has 3 heteroatoms. The molecule has 0 bridgehead atoms. The fourth-order valence-electron chi connectivity index (χ4n) is 2.11. The topological polar surface area (TPSA) is 38.0 Å². The molecule has 0 aromatic heterocycles. The fraction of sp³-hybridized carbons (Fsp3) is 0.600. The lowest BCUT2D eigenvalue weighted by Crippen LogP contribution is -2.32. The van der Waals surface area contributed by atoms with Crippen LogP contribution in [0.3, 0.4) is 0 Å². The standard InChI is InChI=1S/C15H25BrN2/c1-4-12(5-2)10-18-15(9-17)13-6-7-14(16)11(3)8-13/h6-8,12,15,18H,4-5,9-10,17H2,1-3H3. The minimum Gasteiger partial charge on any atom is -0.329 e. The molecule has 0 fully saturated rings. The van der Waals surface area contributed by atoms with E-state index in [4.69, 9.17) is 5.73 Å². The number of rotatable bonds is 7. The van der Waals surface area contributed by atoms with Crippen molar-refractivity contribution >= 4 is 15.9 Å². The lowest BCUT2D eigenvalue weighted by molar-refractivity contribution is 0.414. The minimum atomic E-state index is 0.261. The maximum Gasteiger partial charge on any atom is 0.0444 e. The normalized spacial score (nSPS) is 13.0. The summed E-state index contributed by atoms with van der Waals surface area (Å²) in [6.45, 7) is 8.29. The summed E-state index contributed by atoms with van der Waals surface area (Å²) in [7, 11) is 0. The molecule has 0 aliphatic heterocycles. The Morgan fingerprint density at radius 1 is 1.28 bits per heavy atom. The molecule has 0 saturated heterocycles. The summed E-state index contributed by atoms with van der Waals surface area (Å²) in [5, 5.41) is 3.59. The van der Waals surface area contributed by atoms with Crippen LogP contribution < -0.4 is 11.1 Å². The highest BCUT2D eigenvalue weighted by molar-refractivity contribution is 9.10. The van der Waals surface area contributed by atoms with Gasteiger partial charge in [-0.05, 0) is 36.6 Å². The Hall–Kier alpha value is -0.380. The van der Waals surface area contributed by atoms with E-state index in [1.807, 2.05) is 0 Å². The van der Waals surface area contributed by atoms with Crippen LogP contribution in [-0.2, 0) is 0 Å². The molecule has 3 N–H and O–H groups in total. The molecule has 1 atom stereocenters. The average Bonchev–Trinajstić information content (AvgIpc) is 2.38. The van der Waals surface area contributed by atoms with Crippen LogP contribution in [0.4, 0.5) is 0 Å². The Labute approximate surface area is 119 Å². The Balaban J connectivity index is 2.67. The number of benzene rings is 1. The van der Waals surface area contributed by atoms with Crippen LogP contribution in [0, 0.1) is 12.8 Å². The second kappa shape index (κ2) is 7.93. The maximum absolute atomic E-state index is 5.89. The molecule has 0 amide bonds. The molecule has 0 heterocycles. The quantitative estimate of drug-likeness (QED) is 0.804. The number of halogens is 1. The third-order valence-electron chi connectivity index (χ3n) is 3.63. The summed E-state index contributed by atoms with van der Waals surface area (Å²) in [4.78, 5) is 0. The third-order valence-corrected chi connectivity index (χ3v) is 4.52. The number of hydrogen-bond acceptors (Lipinski definition) is 2. The molecular formula is C15H25BrN2. The second-order valence-electron chi connectivity index (χ2n) is 4.89. The average molecular weight is 313 g/mol. The summed E-state index contributed by atoms with van der Waals surface area (Å²) >= 11 is 3.53. The van der Waals surface area contributed by atoms with Gasteiger partial charge in [0.05, 0.1) is 0 Å². The SMILES string of the molecule is CCC(CC)CNC(CN)c1ccc(Br)c(C)c1. The largest absolute Gasteiger partial charge is 0.329 e. The molecule has 1 rings (SSSR count). The van der Waals surface area contributed by atoms with Crippen LogP contribution in [-0.4, -0.2) is 13.1 Å². The lowest BCUT2D eigenvalue weighted by Gasteiger charge is -2.21. The number of aryl methyl sites for hydroxylation is 1. The van der Waals surface area contributed by atoms with E-state index in [0.717, 1.165) is 16.9 Å². The fourth-order valence-corrected chi connectivity index (χ4v) is 2.35. The van der Waals surface area contributed by atoms with Gasteiger partial charge < -0.3 is 11.1 Å². The molecule has 0 aliphatic rings. The number of nitrogens with two attached hydrogens (primary N) is 1. The van der Waals surface area contributed by atoms with Crippen molar-refractivity contribution in [2.75, 3.05) is 13.1 Å². The summed E-state index contributed by atoms with van der Waals surface area (Å²) in [5.41, 5.74) is 8.43. The Morgan fingerprint density at radius 3 is 2.44 bits per heavy atom. The van der Waals surface area contributed by atoms with Gasteiger partial charge in [0, 0.05) is 17.1 Å². The van der Waals surface area contributed by atoms with E-state index in [1.54, 1.807) is 0 Å². The van der Waals surface area contributed by atoms with Gasteiger partial charge in [-0.3, -0.25) is 0 Å². The maximum atomic E-state index is 5.89. The van der Waals surface area contributed by atoms with Gasteiger partial charge in [0.15, 0.2) is 0 Å². The van der Waals surface area contributed by atoms with Crippen LogP contribution >= 0.6 is 15.9 Å². The van der Waals surface area contributed by atoms with Crippen LogP contribution in [0.2, 0.25) is 0 Å². The van der Waals surface area contributed by atoms with Crippen molar-refractivity contribution < 1.29 is 0 Å².